The number of aromatic nitrogens is 2. The van der Waals surface area contributed by atoms with Crippen LogP contribution >= 0.6 is 0 Å². The van der Waals surface area contributed by atoms with Gasteiger partial charge in [-0.3, -0.25) is 4.79 Å². The minimum Gasteiger partial charge on any atom is -0.495 e. The second kappa shape index (κ2) is 9.36. The third-order valence-corrected chi connectivity index (χ3v) is 7.79. The van der Waals surface area contributed by atoms with E-state index in [1.54, 1.807) is 17.7 Å². The Hall–Kier alpha value is -3.17. The van der Waals surface area contributed by atoms with Gasteiger partial charge in [0.2, 0.25) is 10.0 Å². The number of piperidine rings is 1. The van der Waals surface area contributed by atoms with Gasteiger partial charge in [-0.1, -0.05) is 24.6 Å². The summed E-state index contributed by atoms with van der Waals surface area (Å²) in [5.74, 6) is 0.00435. The highest BCUT2D eigenvalue weighted by Gasteiger charge is 2.27. The van der Waals surface area contributed by atoms with Crippen LogP contribution in [-0.2, 0) is 10.0 Å². The van der Waals surface area contributed by atoms with Crippen molar-refractivity contribution in [1.82, 2.24) is 14.1 Å². The number of ether oxygens (including phenoxy) is 1. The molecule has 1 fully saturated rings. The Morgan fingerprint density at radius 3 is 2.39 bits per heavy atom. The lowest BCUT2D eigenvalue weighted by atomic mass is 10.1. The number of para-hydroxylation sites is 1. The number of amides is 1. The van der Waals surface area contributed by atoms with Crippen molar-refractivity contribution < 1.29 is 17.9 Å². The van der Waals surface area contributed by atoms with Crippen LogP contribution in [0.3, 0.4) is 0 Å². The standard InChI is InChI=1S/C24H28N4O4S/c1-17-23(18(2)28(26-17)19-10-6-4-7-11-19)24(29)25-21-16-20(12-13-22(21)32-3)33(30,31)27-14-8-5-9-15-27/h4,6-7,10-13,16H,5,8-9,14-15H2,1-3H3,(H,25,29). The van der Waals surface area contributed by atoms with Crippen LogP contribution < -0.4 is 10.1 Å². The highest BCUT2D eigenvalue weighted by Crippen LogP contribution is 2.31. The van der Waals surface area contributed by atoms with Crippen LogP contribution in [0.25, 0.3) is 5.69 Å². The molecule has 174 valence electrons. The Labute approximate surface area is 194 Å². The zero-order valence-electron chi connectivity index (χ0n) is 19.0. The summed E-state index contributed by atoms with van der Waals surface area (Å²) in [6.45, 7) is 4.62. The molecular weight excluding hydrogens is 440 g/mol. The molecule has 4 rings (SSSR count). The van der Waals surface area contributed by atoms with Crippen molar-refractivity contribution in [2.45, 2.75) is 38.0 Å². The number of nitrogens with zero attached hydrogens (tertiary/aromatic N) is 3. The molecule has 0 bridgehead atoms. The van der Waals surface area contributed by atoms with Gasteiger partial charge in [0.15, 0.2) is 0 Å². The molecule has 0 spiro atoms. The molecule has 0 aliphatic carbocycles. The van der Waals surface area contributed by atoms with Gasteiger partial charge in [-0.2, -0.15) is 9.40 Å². The van der Waals surface area contributed by atoms with Gasteiger partial charge >= 0.3 is 0 Å². The fraction of sp³-hybridized carbons (Fsp3) is 0.333. The number of hydrogen-bond donors (Lipinski definition) is 1. The summed E-state index contributed by atoms with van der Waals surface area (Å²) in [6, 6.07) is 14.1. The number of methoxy groups -OCH3 is 1. The van der Waals surface area contributed by atoms with E-state index in [0.29, 0.717) is 41.5 Å². The lowest BCUT2D eigenvalue weighted by Crippen LogP contribution is -2.35. The predicted molar refractivity (Wildman–Crippen MR) is 127 cm³/mol. The van der Waals surface area contributed by atoms with Crippen LogP contribution in [0.5, 0.6) is 5.75 Å². The van der Waals surface area contributed by atoms with Crippen molar-refractivity contribution in [3.05, 3.63) is 65.5 Å². The molecule has 1 aliphatic rings. The van der Waals surface area contributed by atoms with Crippen molar-refractivity contribution >= 4 is 21.6 Å². The number of benzene rings is 2. The van der Waals surface area contributed by atoms with Gasteiger partial charge in [0.25, 0.3) is 5.91 Å². The Morgan fingerprint density at radius 2 is 1.73 bits per heavy atom. The summed E-state index contributed by atoms with van der Waals surface area (Å²) < 4.78 is 34.9. The van der Waals surface area contributed by atoms with Crippen molar-refractivity contribution in [2.75, 3.05) is 25.5 Å². The largest absolute Gasteiger partial charge is 0.495 e. The number of nitrogens with one attached hydrogen (secondary N) is 1. The average Bonchev–Trinajstić information content (AvgIpc) is 3.14. The van der Waals surface area contributed by atoms with Crippen molar-refractivity contribution in [3.8, 4) is 11.4 Å². The van der Waals surface area contributed by atoms with Gasteiger partial charge in [0.1, 0.15) is 5.75 Å². The van der Waals surface area contributed by atoms with Gasteiger partial charge in [-0.15, -0.1) is 0 Å². The van der Waals surface area contributed by atoms with Crippen LogP contribution in [0.1, 0.15) is 41.0 Å². The Bertz CT molecular complexity index is 1260. The topological polar surface area (TPSA) is 93.5 Å². The first-order valence-corrected chi connectivity index (χ1v) is 12.4. The van der Waals surface area contributed by atoms with Crippen LogP contribution in [0.2, 0.25) is 0 Å². The molecule has 0 atom stereocenters. The fourth-order valence-corrected chi connectivity index (χ4v) is 5.72. The highest BCUT2D eigenvalue weighted by molar-refractivity contribution is 7.89. The number of anilines is 1. The van der Waals surface area contributed by atoms with Crippen LogP contribution in [0.4, 0.5) is 5.69 Å². The quantitative estimate of drug-likeness (QED) is 0.592. The maximum Gasteiger partial charge on any atom is 0.259 e. The van der Waals surface area contributed by atoms with E-state index in [1.807, 2.05) is 37.3 Å². The first-order chi connectivity index (χ1) is 15.8. The summed E-state index contributed by atoms with van der Waals surface area (Å²) in [5, 5.41) is 7.37. The monoisotopic (exact) mass is 468 g/mol. The molecule has 9 heteroatoms. The molecule has 3 aromatic rings. The summed E-state index contributed by atoms with van der Waals surface area (Å²) in [4.78, 5) is 13.4. The molecule has 1 aromatic heterocycles. The van der Waals surface area contributed by atoms with E-state index >= 15 is 0 Å². The van der Waals surface area contributed by atoms with Crippen molar-refractivity contribution in [3.63, 3.8) is 0 Å². The minimum absolute atomic E-state index is 0.133. The zero-order chi connectivity index (χ0) is 23.6. The summed E-state index contributed by atoms with van der Waals surface area (Å²) in [7, 11) is -2.17. The maximum absolute atomic E-state index is 13.3. The molecule has 8 nitrogen and oxygen atoms in total. The lowest BCUT2D eigenvalue weighted by Gasteiger charge is -2.26. The number of sulfonamides is 1. The second-order valence-electron chi connectivity index (χ2n) is 8.07. The normalized spacial score (nSPS) is 14.8. The number of carbonyl (C=O) groups is 1. The Balaban J connectivity index is 1.66. The zero-order valence-corrected chi connectivity index (χ0v) is 19.9. The molecular formula is C24H28N4O4S. The molecule has 0 unspecified atom stereocenters. The van der Waals surface area contributed by atoms with Crippen molar-refractivity contribution in [2.24, 2.45) is 0 Å². The molecule has 0 saturated carbocycles. The van der Waals surface area contributed by atoms with E-state index in [1.165, 1.54) is 23.5 Å². The van der Waals surface area contributed by atoms with E-state index in [9.17, 15) is 13.2 Å². The van der Waals surface area contributed by atoms with Crippen LogP contribution in [0.15, 0.2) is 53.4 Å². The van der Waals surface area contributed by atoms with Crippen LogP contribution in [0, 0.1) is 13.8 Å². The Kier molecular flexibility index (Phi) is 6.53. The first kappa shape index (κ1) is 23.0. The third-order valence-electron chi connectivity index (χ3n) is 5.89. The molecule has 2 aromatic carbocycles. The van der Waals surface area contributed by atoms with E-state index in [-0.39, 0.29) is 10.8 Å². The lowest BCUT2D eigenvalue weighted by molar-refractivity contribution is 0.102. The molecule has 1 saturated heterocycles. The predicted octanol–water partition coefficient (Wildman–Crippen LogP) is 3.92. The average molecular weight is 469 g/mol. The van der Waals surface area contributed by atoms with E-state index in [4.69, 9.17) is 4.74 Å². The van der Waals surface area contributed by atoms with Gasteiger partial charge in [0.05, 0.1) is 40.3 Å². The van der Waals surface area contributed by atoms with Gasteiger partial charge in [-0.25, -0.2) is 13.1 Å². The van der Waals surface area contributed by atoms with E-state index in [2.05, 4.69) is 10.4 Å². The van der Waals surface area contributed by atoms with E-state index < -0.39 is 10.0 Å². The van der Waals surface area contributed by atoms with Crippen molar-refractivity contribution in [1.29, 1.82) is 0 Å². The minimum atomic E-state index is -3.65. The number of aryl methyl sites for hydroxylation is 1. The summed E-state index contributed by atoms with van der Waals surface area (Å²) >= 11 is 0. The van der Waals surface area contributed by atoms with Gasteiger partial charge in [-0.05, 0) is 57.0 Å². The summed E-state index contributed by atoms with van der Waals surface area (Å²) in [5.41, 5.74) is 2.85. The van der Waals surface area contributed by atoms with Crippen LogP contribution in [-0.4, -0.2) is 48.6 Å². The first-order valence-electron chi connectivity index (χ1n) is 10.9. The molecule has 1 aliphatic heterocycles. The molecule has 0 radical (unpaired) electrons. The fourth-order valence-electron chi connectivity index (χ4n) is 4.18. The number of hydrogen-bond acceptors (Lipinski definition) is 5. The molecule has 33 heavy (non-hydrogen) atoms. The number of rotatable bonds is 6. The molecule has 1 amide bonds. The SMILES string of the molecule is COc1ccc(S(=O)(=O)N2CCCCC2)cc1NC(=O)c1c(C)nn(-c2ccccc2)c1C. The summed E-state index contributed by atoms with van der Waals surface area (Å²) in [6.07, 6.45) is 2.73. The van der Waals surface area contributed by atoms with Gasteiger partial charge < -0.3 is 10.1 Å². The molecule has 2 heterocycles. The molecule has 1 N–H and O–H groups in total. The third kappa shape index (κ3) is 4.51. The smallest absolute Gasteiger partial charge is 0.259 e. The van der Waals surface area contributed by atoms with E-state index in [0.717, 1.165) is 24.9 Å². The van der Waals surface area contributed by atoms with Gasteiger partial charge in [0, 0.05) is 13.1 Å². The maximum atomic E-state index is 13.3. The highest BCUT2D eigenvalue weighted by atomic mass is 32.2. The number of carbonyl (C=O) groups excluding carboxylic acids is 1. The Morgan fingerprint density at radius 1 is 1.03 bits per heavy atom. The second-order valence-corrected chi connectivity index (χ2v) is 10.0.